The minimum Gasteiger partial charge on any atom is -0.462 e. The van der Waals surface area contributed by atoms with E-state index in [2.05, 4.69) is 0 Å². The molecule has 0 bridgehead atoms. The van der Waals surface area contributed by atoms with Crippen molar-refractivity contribution in [2.75, 3.05) is 6.61 Å². The van der Waals surface area contributed by atoms with Crippen LogP contribution in [0.25, 0.3) is 0 Å². The maximum atomic E-state index is 12.6. The monoisotopic (exact) mass is 404 g/mol. The van der Waals surface area contributed by atoms with Crippen LogP contribution < -0.4 is 4.74 Å². The zero-order chi connectivity index (χ0) is 21.4. The summed E-state index contributed by atoms with van der Waals surface area (Å²) in [5.74, 6) is -0.0137. The van der Waals surface area contributed by atoms with Crippen LogP contribution in [-0.2, 0) is 21.5 Å². The molecule has 154 valence electrons. The van der Waals surface area contributed by atoms with Crippen molar-refractivity contribution in [1.82, 2.24) is 0 Å². The molecule has 5 nitrogen and oxygen atoms in total. The van der Waals surface area contributed by atoms with Gasteiger partial charge in [0.15, 0.2) is 0 Å². The number of rotatable bonds is 7. The normalized spacial score (nSPS) is 12.5. The Balaban J connectivity index is 1.90. The first kappa shape index (κ1) is 21.1. The van der Waals surface area contributed by atoms with Crippen LogP contribution in [0.3, 0.4) is 0 Å². The van der Waals surface area contributed by atoms with Gasteiger partial charge in [0, 0.05) is 6.42 Å². The zero-order valence-electron chi connectivity index (χ0n) is 17.0. The summed E-state index contributed by atoms with van der Waals surface area (Å²) in [4.78, 5) is 25.0. The summed E-state index contributed by atoms with van der Waals surface area (Å²) in [6.45, 7) is 3.84. The van der Waals surface area contributed by atoms with Crippen LogP contribution >= 0.6 is 0 Å². The quantitative estimate of drug-likeness (QED) is 0.382. The third-order valence-electron chi connectivity index (χ3n) is 4.68. The number of carbonyl (C=O) groups excluding carboxylic acids is 2. The number of para-hydroxylation sites is 1. The highest BCUT2D eigenvalue weighted by atomic mass is 16.7. The van der Waals surface area contributed by atoms with E-state index in [-0.39, 0.29) is 13.0 Å². The van der Waals surface area contributed by atoms with Gasteiger partial charge in [0.1, 0.15) is 11.4 Å². The SMILES string of the molecule is CCOC(=O)c1ccccc1CC(C)(OC(=O)Oc1ccccc1)c1ccccc1. The largest absolute Gasteiger partial charge is 0.514 e. The van der Waals surface area contributed by atoms with Gasteiger partial charge in [-0.2, -0.15) is 0 Å². The maximum Gasteiger partial charge on any atom is 0.514 e. The summed E-state index contributed by atoms with van der Waals surface area (Å²) in [6.07, 6.45) is -0.545. The standard InChI is InChI=1S/C25H24O5/c1-3-28-23(26)22-17-11-10-12-19(22)18-25(2,20-13-6-4-7-14-20)30-24(27)29-21-15-8-5-9-16-21/h4-17H,3,18H2,1-2H3. The summed E-state index contributed by atoms with van der Waals surface area (Å²) >= 11 is 0. The van der Waals surface area contributed by atoms with Crippen molar-refractivity contribution in [2.45, 2.75) is 25.9 Å². The van der Waals surface area contributed by atoms with Crippen molar-refractivity contribution in [2.24, 2.45) is 0 Å². The van der Waals surface area contributed by atoms with Gasteiger partial charge in [-0.05, 0) is 43.2 Å². The molecule has 0 fully saturated rings. The lowest BCUT2D eigenvalue weighted by Gasteiger charge is -2.30. The van der Waals surface area contributed by atoms with Gasteiger partial charge in [-0.3, -0.25) is 0 Å². The topological polar surface area (TPSA) is 61.8 Å². The third kappa shape index (κ3) is 5.26. The van der Waals surface area contributed by atoms with Crippen molar-refractivity contribution in [1.29, 1.82) is 0 Å². The molecule has 0 N–H and O–H groups in total. The Bertz CT molecular complexity index is 985. The molecule has 0 aliphatic rings. The molecule has 0 aliphatic carbocycles. The van der Waals surface area contributed by atoms with Crippen LogP contribution in [0.4, 0.5) is 4.79 Å². The van der Waals surface area contributed by atoms with Crippen molar-refractivity contribution in [3.8, 4) is 5.75 Å². The van der Waals surface area contributed by atoms with E-state index in [4.69, 9.17) is 14.2 Å². The van der Waals surface area contributed by atoms with E-state index in [0.717, 1.165) is 11.1 Å². The van der Waals surface area contributed by atoms with Gasteiger partial charge in [-0.15, -0.1) is 0 Å². The number of ether oxygens (including phenoxy) is 3. The Morgan fingerprint density at radius 3 is 2.10 bits per heavy atom. The van der Waals surface area contributed by atoms with E-state index in [1.165, 1.54) is 0 Å². The first-order valence-electron chi connectivity index (χ1n) is 9.78. The molecule has 0 spiro atoms. The Morgan fingerprint density at radius 2 is 1.43 bits per heavy atom. The van der Waals surface area contributed by atoms with Crippen LogP contribution in [0.2, 0.25) is 0 Å². The first-order chi connectivity index (χ1) is 14.5. The van der Waals surface area contributed by atoms with Crippen molar-refractivity contribution in [3.63, 3.8) is 0 Å². The molecule has 1 unspecified atom stereocenters. The predicted octanol–water partition coefficient (Wildman–Crippen LogP) is 5.54. The second-order valence-electron chi connectivity index (χ2n) is 6.92. The summed E-state index contributed by atoms with van der Waals surface area (Å²) in [6, 6.07) is 25.3. The van der Waals surface area contributed by atoms with Gasteiger partial charge in [0.2, 0.25) is 0 Å². The second kappa shape index (κ2) is 9.74. The number of hydrogen-bond donors (Lipinski definition) is 0. The smallest absolute Gasteiger partial charge is 0.462 e. The Hall–Kier alpha value is -3.60. The van der Waals surface area contributed by atoms with Gasteiger partial charge in [0.25, 0.3) is 0 Å². The molecule has 5 heteroatoms. The average molecular weight is 404 g/mol. The molecule has 0 saturated carbocycles. The maximum absolute atomic E-state index is 12.6. The van der Waals surface area contributed by atoms with Crippen molar-refractivity contribution < 1.29 is 23.8 Å². The fraction of sp³-hybridized carbons (Fsp3) is 0.200. The van der Waals surface area contributed by atoms with Crippen molar-refractivity contribution >= 4 is 12.1 Å². The van der Waals surface area contributed by atoms with E-state index in [0.29, 0.717) is 11.3 Å². The van der Waals surface area contributed by atoms with E-state index >= 15 is 0 Å². The van der Waals surface area contributed by atoms with Gasteiger partial charge >= 0.3 is 12.1 Å². The van der Waals surface area contributed by atoms with Gasteiger partial charge in [-0.25, -0.2) is 9.59 Å². The molecule has 3 aromatic carbocycles. The predicted molar refractivity (Wildman–Crippen MR) is 113 cm³/mol. The molecule has 1 atom stereocenters. The van der Waals surface area contributed by atoms with E-state index in [9.17, 15) is 9.59 Å². The van der Waals surface area contributed by atoms with Crippen LogP contribution in [0, 0.1) is 0 Å². The summed E-state index contributed by atoms with van der Waals surface area (Å²) in [5.41, 5.74) is 0.889. The van der Waals surface area contributed by atoms with E-state index in [1.54, 1.807) is 50.2 Å². The molecule has 3 rings (SSSR count). The second-order valence-corrected chi connectivity index (χ2v) is 6.92. The molecule has 0 amide bonds. The van der Waals surface area contributed by atoms with Crippen molar-refractivity contribution in [3.05, 3.63) is 102 Å². The molecular formula is C25H24O5. The lowest BCUT2D eigenvalue weighted by molar-refractivity contribution is -0.00583. The molecule has 0 saturated heterocycles. The molecular weight excluding hydrogens is 380 g/mol. The fourth-order valence-corrected chi connectivity index (χ4v) is 3.22. The van der Waals surface area contributed by atoms with Gasteiger partial charge < -0.3 is 14.2 Å². The Labute approximate surface area is 176 Å². The summed E-state index contributed by atoms with van der Waals surface area (Å²) in [5, 5.41) is 0. The highest BCUT2D eigenvalue weighted by Crippen LogP contribution is 2.32. The van der Waals surface area contributed by atoms with Crippen LogP contribution in [0.15, 0.2) is 84.9 Å². The zero-order valence-corrected chi connectivity index (χ0v) is 17.0. The number of benzene rings is 3. The average Bonchev–Trinajstić information content (AvgIpc) is 2.75. The Kier molecular flexibility index (Phi) is 6.86. The molecule has 0 heterocycles. The van der Waals surface area contributed by atoms with Crippen LogP contribution in [0.1, 0.15) is 35.3 Å². The highest BCUT2D eigenvalue weighted by Gasteiger charge is 2.34. The lowest BCUT2D eigenvalue weighted by Crippen LogP contribution is -2.33. The number of hydrogen-bond acceptors (Lipinski definition) is 5. The summed E-state index contributed by atoms with van der Waals surface area (Å²) in [7, 11) is 0. The molecule has 0 aromatic heterocycles. The van der Waals surface area contributed by atoms with Crippen LogP contribution in [-0.4, -0.2) is 18.7 Å². The van der Waals surface area contributed by atoms with Crippen LogP contribution in [0.5, 0.6) is 5.75 Å². The highest BCUT2D eigenvalue weighted by molar-refractivity contribution is 5.91. The lowest BCUT2D eigenvalue weighted by atomic mass is 9.87. The van der Waals surface area contributed by atoms with E-state index in [1.807, 2.05) is 48.5 Å². The first-order valence-corrected chi connectivity index (χ1v) is 9.78. The Morgan fingerprint density at radius 1 is 0.833 bits per heavy atom. The minimum atomic E-state index is -1.06. The van der Waals surface area contributed by atoms with E-state index < -0.39 is 17.7 Å². The molecule has 30 heavy (non-hydrogen) atoms. The molecule has 3 aromatic rings. The number of carbonyl (C=O) groups is 2. The minimum absolute atomic E-state index is 0.274. The van der Waals surface area contributed by atoms with Gasteiger partial charge in [-0.1, -0.05) is 66.7 Å². The molecule has 0 aliphatic heterocycles. The van der Waals surface area contributed by atoms with Gasteiger partial charge in [0.05, 0.1) is 12.2 Å². The molecule has 0 radical (unpaired) electrons. The summed E-state index contributed by atoms with van der Waals surface area (Å²) < 4.78 is 16.3. The fourth-order valence-electron chi connectivity index (χ4n) is 3.22. The third-order valence-corrected chi connectivity index (χ3v) is 4.68. The number of esters is 1.